The fourth-order valence-electron chi connectivity index (χ4n) is 3.24. The van der Waals surface area contributed by atoms with Crippen molar-refractivity contribution >= 4 is 21.7 Å². The topological polar surface area (TPSA) is 12.9 Å². The average molecular weight is 311 g/mol. The molecule has 1 heteroatoms. The number of fused-ring (bicyclic) bond motifs is 3. The molecule has 3 aromatic carbocycles. The number of hydrogen-bond acceptors (Lipinski definition) is 1. The lowest BCUT2D eigenvalue weighted by molar-refractivity contribution is 0.591. The predicted molar refractivity (Wildman–Crippen MR) is 103 cm³/mol. The zero-order valence-corrected chi connectivity index (χ0v) is 14.4. The number of pyridine rings is 1. The molecule has 0 fully saturated rings. The summed E-state index contributed by atoms with van der Waals surface area (Å²) < 4.78 is 0. The van der Waals surface area contributed by atoms with E-state index in [0.717, 1.165) is 16.8 Å². The molecule has 0 bridgehead atoms. The first-order chi connectivity index (χ1) is 11.5. The number of benzene rings is 3. The minimum absolute atomic E-state index is 0.119. The van der Waals surface area contributed by atoms with E-state index in [1.54, 1.807) is 0 Å². The molecule has 0 aliphatic carbocycles. The van der Waals surface area contributed by atoms with Crippen molar-refractivity contribution in [3.63, 3.8) is 0 Å². The van der Waals surface area contributed by atoms with Crippen molar-refractivity contribution in [3.8, 4) is 11.3 Å². The van der Waals surface area contributed by atoms with Crippen molar-refractivity contribution in [2.75, 3.05) is 0 Å². The largest absolute Gasteiger partial charge is 0.247 e. The molecule has 0 amide bonds. The highest BCUT2D eigenvalue weighted by molar-refractivity contribution is 6.10. The zero-order chi connectivity index (χ0) is 16.7. The lowest BCUT2D eigenvalue weighted by atomic mass is 9.86. The predicted octanol–water partition coefficient (Wildman–Crippen LogP) is 6.35. The van der Waals surface area contributed by atoms with Gasteiger partial charge in [0.25, 0.3) is 0 Å². The molecule has 1 nitrogen and oxygen atoms in total. The Kier molecular flexibility index (Phi) is 3.38. The number of aromatic nitrogens is 1. The summed E-state index contributed by atoms with van der Waals surface area (Å²) in [5.41, 5.74) is 4.73. The van der Waals surface area contributed by atoms with Gasteiger partial charge in [0.2, 0.25) is 0 Å². The van der Waals surface area contributed by atoms with Crippen molar-refractivity contribution in [1.29, 1.82) is 0 Å². The van der Waals surface area contributed by atoms with Gasteiger partial charge in [-0.05, 0) is 22.4 Å². The van der Waals surface area contributed by atoms with Crippen molar-refractivity contribution in [2.24, 2.45) is 0 Å². The van der Waals surface area contributed by atoms with Crippen LogP contribution in [0, 0.1) is 0 Å². The van der Waals surface area contributed by atoms with E-state index >= 15 is 0 Å². The molecule has 0 saturated carbocycles. The Labute approximate surface area is 143 Å². The maximum absolute atomic E-state index is 5.05. The van der Waals surface area contributed by atoms with E-state index in [9.17, 15) is 0 Å². The zero-order valence-electron chi connectivity index (χ0n) is 14.4. The van der Waals surface area contributed by atoms with Gasteiger partial charge < -0.3 is 0 Å². The molecule has 0 N–H and O–H groups in total. The maximum atomic E-state index is 5.05. The van der Waals surface area contributed by atoms with Gasteiger partial charge in [-0.15, -0.1) is 0 Å². The van der Waals surface area contributed by atoms with Crippen LogP contribution in [0.25, 0.3) is 32.9 Å². The summed E-state index contributed by atoms with van der Waals surface area (Å²) in [4.78, 5) is 5.05. The Morgan fingerprint density at radius 3 is 2.04 bits per heavy atom. The van der Waals surface area contributed by atoms with E-state index < -0.39 is 0 Å². The van der Waals surface area contributed by atoms with Crippen molar-refractivity contribution in [1.82, 2.24) is 4.98 Å². The SMILES string of the molecule is CC(C)(C)c1ccc2c(c1)nc(-c1ccccc1)c1ccccc12. The van der Waals surface area contributed by atoms with Crippen LogP contribution in [0.5, 0.6) is 0 Å². The quantitative estimate of drug-likeness (QED) is 0.373. The molecular weight excluding hydrogens is 290 g/mol. The van der Waals surface area contributed by atoms with Gasteiger partial charge in [0, 0.05) is 16.3 Å². The van der Waals surface area contributed by atoms with Crippen LogP contribution in [0.3, 0.4) is 0 Å². The van der Waals surface area contributed by atoms with Crippen LogP contribution in [0.2, 0.25) is 0 Å². The second-order valence-electron chi connectivity index (χ2n) is 7.35. The lowest BCUT2D eigenvalue weighted by Crippen LogP contribution is -2.10. The fourth-order valence-corrected chi connectivity index (χ4v) is 3.24. The molecule has 1 heterocycles. The molecule has 0 unspecified atom stereocenters. The molecule has 0 atom stereocenters. The van der Waals surface area contributed by atoms with E-state index in [2.05, 4.69) is 87.5 Å². The van der Waals surface area contributed by atoms with Gasteiger partial charge in [-0.25, -0.2) is 4.98 Å². The van der Waals surface area contributed by atoms with Gasteiger partial charge in [-0.3, -0.25) is 0 Å². The van der Waals surface area contributed by atoms with Gasteiger partial charge in [0.05, 0.1) is 11.2 Å². The normalized spacial score (nSPS) is 12.0. The molecule has 24 heavy (non-hydrogen) atoms. The summed E-state index contributed by atoms with van der Waals surface area (Å²) in [5, 5.41) is 3.69. The minimum atomic E-state index is 0.119. The second kappa shape index (κ2) is 5.45. The van der Waals surface area contributed by atoms with Crippen LogP contribution < -0.4 is 0 Å². The third-order valence-corrected chi connectivity index (χ3v) is 4.62. The molecule has 0 aliphatic heterocycles. The Morgan fingerprint density at radius 2 is 1.33 bits per heavy atom. The van der Waals surface area contributed by atoms with Gasteiger partial charge in [0.15, 0.2) is 0 Å². The molecule has 1 aromatic heterocycles. The standard InChI is InChI=1S/C23H21N/c1-23(2,3)17-13-14-19-18-11-7-8-12-20(18)22(24-21(19)15-17)16-9-5-4-6-10-16/h4-15H,1-3H3. The number of nitrogens with zero attached hydrogens (tertiary/aromatic N) is 1. The van der Waals surface area contributed by atoms with Crippen LogP contribution in [0.15, 0.2) is 72.8 Å². The van der Waals surface area contributed by atoms with Gasteiger partial charge in [0.1, 0.15) is 0 Å². The van der Waals surface area contributed by atoms with Gasteiger partial charge in [-0.1, -0.05) is 87.5 Å². The molecule has 4 rings (SSSR count). The molecule has 4 aromatic rings. The molecule has 0 spiro atoms. The Balaban J connectivity index is 2.10. The smallest absolute Gasteiger partial charge is 0.0788 e. The van der Waals surface area contributed by atoms with E-state index in [-0.39, 0.29) is 5.41 Å². The van der Waals surface area contributed by atoms with Crippen LogP contribution >= 0.6 is 0 Å². The van der Waals surface area contributed by atoms with E-state index in [1.165, 1.54) is 21.7 Å². The Bertz CT molecular complexity index is 1020. The van der Waals surface area contributed by atoms with Crippen molar-refractivity contribution < 1.29 is 0 Å². The maximum Gasteiger partial charge on any atom is 0.0788 e. The van der Waals surface area contributed by atoms with Crippen molar-refractivity contribution in [3.05, 3.63) is 78.4 Å². The van der Waals surface area contributed by atoms with Gasteiger partial charge in [-0.2, -0.15) is 0 Å². The lowest BCUT2D eigenvalue weighted by Gasteiger charge is -2.20. The van der Waals surface area contributed by atoms with Crippen LogP contribution in [-0.4, -0.2) is 4.98 Å². The summed E-state index contributed by atoms with van der Waals surface area (Å²) in [7, 11) is 0. The first kappa shape index (κ1) is 14.9. The monoisotopic (exact) mass is 311 g/mol. The Hall–Kier alpha value is -2.67. The summed E-state index contributed by atoms with van der Waals surface area (Å²) in [5.74, 6) is 0. The van der Waals surface area contributed by atoms with Crippen molar-refractivity contribution in [2.45, 2.75) is 26.2 Å². The minimum Gasteiger partial charge on any atom is -0.247 e. The fraction of sp³-hybridized carbons (Fsp3) is 0.174. The van der Waals surface area contributed by atoms with Crippen LogP contribution in [0.1, 0.15) is 26.3 Å². The number of hydrogen-bond donors (Lipinski definition) is 0. The summed E-state index contributed by atoms with van der Waals surface area (Å²) in [6.45, 7) is 6.73. The molecule has 0 saturated heterocycles. The summed E-state index contributed by atoms with van der Waals surface area (Å²) in [6, 6.07) is 25.7. The van der Waals surface area contributed by atoms with E-state index in [4.69, 9.17) is 4.98 Å². The average Bonchev–Trinajstić information content (AvgIpc) is 2.60. The molecule has 118 valence electrons. The van der Waals surface area contributed by atoms with E-state index in [1.807, 2.05) is 6.07 Å². The first-order valence-corrected chi connectivity index (χ1v) is 8.42. The van der Waals surface area contributed by atoms with Crippen LogP contribution in [-0.2, 0) is 5.41 Å². The van der Waals surface area contributed by atoms with Crippen LogP contribution in [0.4, 0.5) is 0 Å². The van der Waals surface area contributed by atoms with Gasteiger partial charge >= 0.3 is 0 Å². The molecule has 0 aliphatic rings. The van der Waals surface area contributed by atoms with E-state index in [0.29, 0.717) is 0 Å². The number of rotatable bonds is 1. The highest BCUT2D eigenvalue weighted by Crippen LogP contribution is 2.34. The third-order valence-electron chi connectivity index (χ3n) is 4.62. The third kappa shape index (κ3) is 2.46. The second-order valence-corrected chi connectivity index (χ2v) is 7.35. The Morgan fingerprint density at radius 1 is 0.667 bits per heavy atom. The highest BCUT2D eigenvalue weighted by Gasteiger charge is 2.16. The highest BCUT2D eigenvalue weighted by atomic mass is 14.7. The molecular formula is C23H21N. The summed E-state index contributed by atoms with van der Waals surface area (Å²) in [6.07, 6.45) is 0. The molecule has 0 radical (unpaired) electrons. The summed E-state index contributed by atoms with van der Waals surface area (Å²) >= 11 is 0. The first-order valence-electron chi connectivity index (χ1n) is 8.42.